The summed E-state index contributed by atoms with van der Waals surface area (Å²) >= 11 is 0. The molecule has 0 atom stereocenters. The lowest BCUT2D eigenvalue weighted by molar-refractivity contribution is -0.136. The Balaban J connectivity index is 1.31. The minimum atomic E-state index is -0.861. The summed E-state index contributed by atoms with van der Waals surface area (Å²) < 4.78 is 10.6. The van der Waals surface area contributed by atoms with Crippen LogP contribution in [0.2, 0.25) is 0 Å². The SMILES string of the molecule is O=C(NCc1ccc2c(c1)OCO2)C(=O)Nc1ccccc1C(=O)NCCc1ccccc1. The normalized spacial score (nSPS) is 11.5. The molecule has 4 rings (SSSR count). The van der Waals surface area contributed by atoms with E-state index in [-0.39, 0.29) is 30.5 Å². The molecule has 8 heteroatoms. The van der Waals surface area contributed by atoms with E-state index in [1.165, 1.54) is 0 Å². The van der Waals surface area contributed by atoms with Crippen molar-refractivity contribution in [1.82, 2.24) is 10.6 Å². The fraction of sp³-hybridized carbons (Fsp3) is 0.160. The molecule has 0 spiro atoms. The van der Waals surface area contributed by atoms with E-state index in [2.05, 4.69) is 16.0 Å². The van der Waals surface area contributed by atoms with E-state index in [0.29, 0.717) is 24.5 Å². The van der Waals surface area contributed by atoms with Crippen LogP contribution in [0.15, 0.2) is 72.8 Å². The van der Waals surface area contributed by atoms with Crippen LogP contribution in [-0.4, -0.2) is 31.1 Å². The van der Waals surface area contributed by atoms with Crippen LogP contribution in [0.1, 0.15) is 21.5 Å². The molecule has 168 valence electrons. The number of rotatable bonds is 7. The minimum Gasteiger partial charge on any atom is -0.454 e. The van der Waals surface area contributed by atoms with Crippen molar-refractivity contribution in [2.45, 2.75) is 13.0 Å². The number of ether oxygens (including phenoxy) is 2. The van der Waals surface area contributed by atoms with Crippen LogP contribution in [0.5, 0.6) is 11.5 Å². The molecule has 8 nitrogen and oxygen atoms in total. The highest BCUT2D eigenvalue weighted by Gasteiger charge is 2.18. The third kappa shape index (κ3) is 5.68. The Morgan fingerprint density at radius 3 is 2.36 bits per heavy atom. The predicted octanol–water partition coefficient (Wildman–Crippen LogP) is 2.64. The van der Waals surface area contributed by atoms with Gasteiger partial charge in [-0.25, -0.2) is 0 Å². The van der Waals surface area contributed by atoms with Gasteiger partial charge in [-0.3, -0.25) is 14.4 Å². The van der Waals surface area contributed by atoms with E-state index in [0.717, 1.165) is 11.1 Å². The first kappa shape index (κ1) is 21.9. The maximum atomic E-state index is 12.6. The van der Waals surface area contributed by atoms with E-state index in [9.17, 15) is 14.4 Å². The number of para-hydroxylation sites is 1. The molecule has 0 bridgehead atoms. The number of nitrogens with one attached hydrogen (secondary N) is 3. The van der Waals surface area contributed by atoms with Gasteiger partial charge < -0.3 is 25.4 Å². The number of hydrogen-bond acceptors (Lipinski definition) is 5. The maximum Gasteiger partial charge on any atom is 0.313 e. The van der Waals surface area contributed by atoms with Crippen molar-refractivity contribution in [2.75, 3.05) is 18.7 Å². The van der Waals surface area contributed by atoms with Crippen molar-refractivity contribution in [2.24, 2.45) is 0 Å². The number of hydrogen-bond donors (Lipinski definition) is 3. The van der Waals surface area contributed by atoms with E-state index in [1.54, 1.807) is 42.5 Å². The average Bonchev–Trinajstić information content (AvgIpc) is 3.31. The molecule has 0 aromatic heterocycles. The largest absolute Gasteiger partial charge is 0.454 e. The monoisotopic (exact) mass is 445 g/mol. The molecule has 0 saturated carbocycles. The van der Waals surface area contributed by atoms with Crippen LogP contribution >= 0.6 is 0 Å². The Morgan fingerprint density at radius 1 is 0.758 bits per heavy atom. The number of amides is 3. The first-order chi connectivity index (χ1) is 16.1. The van der Waals surface area contributed by atoms with Crippen molar-refractivity contribution in [1.29, 1.82) is 0 Å². The van der Waals surface area contributed by atoms with Crippen LogP contribution in [0.3, 0.4) is 0 Å². The van der Waals surface area contributed by atoms with E-state index < -0.39 is 11.8 Å². The summed E-state index contributed by atoms with van der Waals surface area (Å²) in [6.07, 6.45) is 0.684. The third-order valence-corrected chi connectivity index (χ3v) is 5.06. The standard InChI is InChI=1S/C25H23N3O5/c29-23(26-13-12-17-6-2-1-3-7-17)19-8-4-5-9-20(19)28-25(31)24(30)27-15-18-10-11-21-22(14-18)33-16-32-21/h1-11,14H,12-13,15-16H2,(H,26,29)(H,27,30)(H,28,31). The Bertz CT molecular complexity index is 1160. The van der Waals surface area contributed by atoms with Gasteiger partial charge in [0.25, 0.3) is 5.91 Å². The number of benzene rings is 3. The number of carbonyl (C=O) groups excluding carboxylic acids is 3. The molecule has 0 fully saturated rings. The van der Waals surface area contributed by atoms with Gasteiger partial charge in [0.1, 0.15) is 0 Å². The van der Waals surface area contributed by atoms with Crippen LogP contribution in [-0.2, 0) is 22.6 Å². The zero-order valence-corrected chi connectivity index (χ0v) is 17.8. The number of carbonyl (C=O) groups is 3. The topological polar surface area (TPSA) is 106 Å². The highest BCUT2D eigenvalue weighted by molar-refractivity contribution is 6.40. The van der Waals surface area contributed by atoms with Crippen LogP contribution in [0.4, 0.5) is 5.69 Å². The van der Waals surface area contributed by atoms with Gasteiger partial charge in [-0.05, 0) is 41.8 Å². The highest BCUT2D eigenvalue weighted by atomic mass is 16.7. The van der Waals surface area contributed by atoms with Gasteiger partial charge in [0.2, 0.25) is 6.79 Å². The molecule has 3 amide bonds. The average molecular weight is 445 g/mol. The van der Waals surface area contributed by atoms with E-state index >= 15 is 0 Å². The molecule has 0 aliphatic carbocycles. The molecule has 1 aliphatic heterocycles. The van der Waals surface area contributed by atoms with Gasteiger partial charge in [-0.1, -0.05) is 48.5 Å². The van der Waals surface area contributed by atoms with Crippen molar-refractivity contribution in [3.8, 4) is 11.5 Å². The summed E-state index contributed by atoms with van der Waals surface area (Å²) in [6.45, 7) is 0.748. The lowest BCUT2D eigenvalue weighted by Gasteiger charge is -2.12. The van der Waals surface area contributed by atoms with Crippen molar-refractivity contribution in [3.05, 3.63) is 89.5 Å². The van der Waals surface area contributed by atoms with Crippen molar-refractivity contribution in [3.63, 3.8) is 0 Å². The van der Waals surface area contributed by atoms with Crippen LogP contribution in [0.25, 0.3) is 0 Å². The van der Waals surface area contributed by atoms with Gasteiger partial charge in [0.05, 0.1) is 11.3 Å². The lowest BCUT2D eigenvalue weighted by Crippen LogP contribution is -2.35. The zero-order valence-electron chi connectivity index (χ0n) is 17.8. The van der Waals surface area contributed by atoms with Gasteiger partial charge in [0, 0.05) is 13.1 Å². The maximum absolute atomic E-state index is 12.6. The summed E-state index contributed by atoms with van der Waals surface area (Å²) in [4.78, 5) is 37.3. The molecule has 0 unspecified atom stereocenters. The van der Waals surface area contributed by atoms with Crippen LogP contribution < -0.4 is 25.4 Å². The first-order valence-corrected chi connectivity index (χ1v) is 10.5. The molecule has 33 heavy (non-hydrogen) atoms. The lowest BCUT2D eigenvalue weighted by atomic mass is 10.1. The molecule has 3 aromatic carbocycles. The summed E-state index contributed by atoms with van der Waals surface area (Å²) in [5.41, 5.74) is 2.41. The van der Waals surface area contributed by atoms with Gasteiger partial charge >= 0.3 is 11.8 Å². The second kappa shape index (κ2) is 10.3. The molecule has 1 aliphatic rings. The van der Waals surface area contributed by atoms with Crippen LogP contribution in [0, 0.1) is 0 Å². The second-order valence-corrected chi connectivity index (χ2v) is 7.36. The third-order valence-electron chi connectivity index (χ3n) is 5.06. The zero-order chi connectivity index (χ0) is 23.0. The van der Waals surface area contributed by atoms with E-state index in [4.69, 9.17) is 9.47 Å². The summed E-state index contributed by atoms with van der Waals surface area (Å²) in [5, 5.41) is 7.93. The van der Waals surface area contributed by atoms with Gasteiger partial charge in [0.15, 0.2) is 11.5 Å². The molecular formula is C25H23N3O5. The van der Waals surface area contributed by atoms with Crippen molar-refractivity contribution < 1.29 is 23.9 Å². The second-order valence-electron chi connectivity index (χ2n) is 7.36. The van der Waals surface area contributed by atoms with E-state index in [1.807, 2.05) is 30.3 Å². The Hall–Kier alpha value is -4.33. The Labute approximate surface area is 190 Å². The number of fused-ring (bicyclic) bond motifs is 1. The molecule has 3 N–H and O–H groups in total. The first-order valence-electron chi connectivity index (χ1n) is 10.5. The highest BCUT2D eigenvalue weighted by Crippen LogP contribution is 2.32. The summed E-state index contributed by atoms with van der Waals surface area (Å²) in [7, 11) is 0. The molecule has 3 aromatic rings. The molecule has 0 radical (unpaired) electrons. The van der Waals surface area contributed by atoms with Gasteiger partial charge in [-0.15, -0.1) is 0 Å². The molecule has 0 saturated heterocycles. The fourth-order valence-corrected chi connectivity index (χ4v) is 3.34. The Kier molecular flexibility index (Phi) is 6.84. The summed E-state index contributed by atoms with van der Waals surface area (Å²) in [5.74, 6) is -0.769. The van der Waals surface area contributed by atoms with Gasteiger partial charge in [-0.2, -0.15) is 0 Å². The number of anilines is 1. The minimum absolute atomic E-state index is 0.143. The molecule has 1 heterocycles. The smallest absolute Gasteiger partial charge is 0.313 e. The predicted molar refractivity (Wildman–Crippen MR) is 122 cm³/mol. The quantitative estimate of drug-likeness (QED) is 0.485. The Morgan fingerprint density at radius 2 is 1.52 bits per heavy atom. The fourth-order valence-electron chi connectivity index (χ4n) is 3.34. The summed E-state index contributed by atoms with van der Waals surface area (Å²) in [6, 6.07) is 21.6. The van der Waals surface area contributed by atoms with Crippen molar-refractivity contribution >= 4 is 23.4 Å². The molecular weight excluding hydrogens is 422 g/mol.